The Bertz CT molecular complexity index is 1470. The highest BCUT2D eigenvalue weighted by Gasteiger charge is 2.23. The van der Waals surface area contributed by atoms with Gasteiger partial charge in [-0.15, -0.1) is 0 Å². The molecule has 0 atom stereocenters. The molecule has 0 amide bonds. The summed E-state index contributed by atoms with van der Waals surface area (Å²) in [6, 6.07) is 9.80. The molecule has 4 aromatic rings. The van der Waals surface area contributed by atoms with Crippen molar-refractivity contribution in [3.8, 4) is 11.4 Å². The van der Waals surface area contributed by atoms with Crippen LogP contribution in [0.5, 0.6) is 5.75 Å². The minimum Gasteiger partial charge on any atom is -0.494 e. The molecule has 2 heterocycles. The summed E-state index contributed by atoms with van der Waals surface area (Å²) in [5.41, 5.74) is 0.799. The second-order valence-corrected chi connectivity index (χ2v) is 8.56. The molecule has 152 valence electrons. The zero-order chi connectivity index (χ0) is 20.9. The minimum absolute atomic E-state index is 0.124. The van der Waals surface area contributed by atoms with Crippen LogP contribution >= 0.6 is 0 Å². The maximum absolute atomic E-state index is 13.1. The van der Waals surface area contributed by atoms with E-state index in [0.717, 1.165) is 12.7 Å². The highest BCUT2D eigenvalue weighted by molar-refractivity contribution is 7.89. The van der Waals surface area contributed by atoms with Crippen LogP contribution in [0.25, 0.3) is 27.8 Å². The number of hydrogen-bond acceptors (Lipinski definition) is 6. The van der Waals surface area contributed by atoms with Crippen molar-refractivity contribution in [3.63, 3.8) is 0 Å². The molecular weight excluding hydrogens is 398 g/mol. The van der Waals surface area contributed by atoms with E-state index >= 15 is 0 Å². The van der Waals surface area contributed by atoms with Gasteiger partial charge in [0.25, 0.3) is 0 Å². The smallest absolute Gasteiger partial charge is 0.419 e. The number of hydrogen-bond donors (Lipinski definition) is 0. The molecule has 0 saturated heterocycles. The Balaban J connectivity index is 2.11. The first-order valence-electron chi connectivity index (χ1n) is 8.93. The second-order valence-electron chi connectivity index (χ2n) is 6.73. The molecule has 2 aromatic carbocycles. The number of nitrogens with zero attached hydrogens (tertiary/aromatic N) is 3. The normalized spacial score (nSPS) is 12.1. The highest BCUT2D eigenvalue weighted by atomic mass is 32.2. The number of aryl methyl sites for hydroxylation is 1. The first-order valence-corrected chi connectivity index (χ1v) is 10.8. The average molecular weight is 417 g/mol. The Hall–Kier alpha value is -3.27. The maximum Gasteiger partial charge on any atom is 0.419 e. The average Bonchev–Trinajstić information content (AvgIpc) is 3.10. The molecule has 0 fully saturated rings. The first-order chi connectivity index (χ1) is 13.7. The molecule has 0 aliphatic rings. The fourth-order valence-electron chi connectivity index (χ4n) is 3.29. The van der Waals surface area contributed by atoms with E-state index in [1.807, 2.05) is 6.92 Å². The number of rotatable bonds is 5. The lowest BCUT2D eigenvalue weighted by Crippen LogP contribution is -2.28. The van der Waals surface area contributed by atoms with Crippen LogP contribution in [-0.2, 0) is 17.1 Å². The van der Waals surface area contributed by atoms with Crippen LogP contribution in [0.2, 0.25) is 0 Å². The molecule has 0 unspecified atom stereocenters. The summed E-state index contributed by atoms with van der Waals surface area (Å²) in [5.74, 6) is -0.0179. The van der Waals surface area contributed by atoms with E-state index in [2.05, 4.69) is 0 Å². The van der Waals surface area contributed by atoms with Crippen molar-refractivity contribution in [2.24, 2.45) is 7.05 Å². The molecule has 0 saturated carbocycles. The molecule has 0 bridgehead atoms. The Morgan fingerprint density at radius 1 is 1.07 bits per heavy atom. The summed E-state index contributed by atoms with van der Waals surface area (Å²) >= 11 is 0. The van der Waals surface area contributed by atoms with E-state index < -0.39 is 21.5 Å². The molecule has 29 heavy (non-hydrogen) atoms. The first kappa shape index (κ1) is 19.1. The number of benzene rings is 2. The highest BCUT2D eigenvalue weighted by Crippen LogP contribution is 2.26. The van der Waals surface area contributed by atoms with Gasteiger partial charge >= 0.3 is 11.4 Å². The van der Waals surface area contributed by atoms with Crippen molar-refractivity contribution in [2.45, 2.75) is 13.3 Å². The monoisotopic (exact) mass is 417 g/mol. The van der Waals surface area contributed by atoms with Crippen LogP contribution in [-0.4, -0.2) is 34.4 Å². The van der Waals surface area contributed by atoms with Crippen molar-refractivity contribution in [1.82, 2.24) is 13.1 Å². The SMILES string of the molecule is CCCOc1cccc(-n2c(=O)n(S(C)(=O)=O)c3cc4oc(=O)n(C)c4cc32)c1. The number of aromatic nitrogens is 3. The van der Waals surface area contributed by atoms with Crippen molar-refractivity contribution in [3.05, 3.63) is 57.4 Å². The molecular formula is C19H19N3O6S. The van der Waals surface area contributed by atoms with E-state index in [1.165, 1.54) is 22.2 Å². The topological polar surface area (TPSA) is 105 Å². The fraction of sp³-hybridized carbons (Fsp3) is 0.263. The van der Waals surface area contributed by atoms with Crippen molar-refractivity contribution < 1.29 is 17.6 Å². The van der Waals surface area contributed by atoms with E-state index in [0.29, 0.717) is 33.0 Å². The summed E-state index contributed by atoms with van der Waals surface area (Å²) in [7, 11) is -2.38. The summed E-state index contributed by atoms with van der Waals surface area (Å²) < 4.78 is 38.8. The summed E-state index contributed by atoms with van der Waals surface area (Å²) in [6.07, 6.45) is 1.77. The predicted octanol–water partition coefficient (Wildman–Crippen LogP) is 1.83. The van der Waals surface area contributed by atoms with Crippen molar-refractivity contribution >= 4 is 32.2 Å². The number of imidazole rings is 1. The van der Waals surface area contributed by atoms with Crippen LogP contribution < -0.4 is 16.2 Å². The Morgan fingerprint density at radius 3 is 2.52 bits per heavy atom. The van der Waals surface area contributed by atoms with Gasteiger partial charge in [0.1, 0.15) is 5.75 Å². The zero-order valence-corrected chi connectivity index (χ0v) is 16.9. The van der Waals surface area contributed by atoms with E-state index in [4.69, 9.17) is 9.15 Å². The number of ether oxygens (including phenoxy) is 1. The molecule has 0 aliphatic heterocycles. The summed E-state index contributed by atoms with van der Waals surface area (Å²) in [6.45, 7) is 2.50. The lowest BCUT2D eigenvalue weighted by Gasteiger charge is -2.08. The van der Waals surface area contributed by atoms with E-state index in [9.17, 15) is 18.0 Å². The largest absolute Gasteiger partial charge is 0.494 e. The van der Waals surface area contributed by atoms with Gasteiger partial charge in [-0.2, -0.15) is 3.97 Å². The molecule has 10 heteroatoms. The van der Waals surface area contributed by atoms with Crippen LogP contribution in [0, 0.1) is 0 Å². The van der Waals surface area contributed by atoms with Gasteiger partial charge in [0, 0.05) is 19.2 Å². The molecule has 2 aromatic heterocycles. The van der Waals surface area contributed by atoms with Gasteiger partial charge in [-0.1, -0.05) is 13.0 Å². The molecule has 0 aliphatic carbocycles. The Morgan fingerprint density at radius 2 is 1.83 bits per heavy atom. The lowest BCUT2D eigenvalue weighted by molar-refractivity contribution is 0.317. The third kappa shape index (κ3) is 3.05. The Labute approximate surface area is 165 Å². The van der Waals surface area contributed by atoms with Crippen LogP contribution in [0.4, 0.5) is 0 Å². The van der Waals surface area contributed by atoms with Gasteiger partial charge in [-0.3, -0.25) is 9.13 Å². The van der Waals surface area contributed by atoms with Gasteiger partial charge in [0.05, 0.1) is 35.1 Å². The quantitative estimate of drug-likeness (QED) is 0.491. The summed E-state index contributed by atoms with van der Waals surface area (Å²) in [4.78, 5) is 25.0. The minimum atomic E-state index is -3.92. The standard InChI is InChI=1S/C19H19N3O6S/c1-4-8-27-13-7-5-6-12(9-13)21-14-10-16-17(28-19(24)20(16)2)11-15(14)22(18(21)23)29(3,25)26/h5-7,9-11H,4,8H2,1-3H3. The summed E-state index contributed by atoms with van der Waals surface area (Å²) in [5, 5.41) is 0. The molecule has 0 N–H and O–H groups in total. The van der Waals surface area contributed by atoms with E-state index in [-0.39, 0.29) is 11.1 Å². The molecule has 4 rings (SSSR count). The second kappa shape index (κ2) is 6.66. The zero-order valence-electron chi connectivity index (χ0n) is 16.1. The van der Waals surface area contributed by atoms with Gasteiger partial charge in [0.2, 0.25) is 10.0 Å². The van der Waals surface area contributed by atoms with Crippen molar-refractivity contribution in [2.75, 3.05) is 12.9 Å². The van der Waals surface area contributed by atoms with Crippen molar-refractivity contribution in [1.29, 1.82) is 0 Å². The Kier molecular flexibility index (Phi) is 4.38. The van der Waals surface area contributed by atoms with Gasteiger partial charge in [-0.05, 0) is 24.6 Å². The molecule has 0 radical (unpaired) electrons. The van der Waals surface area contributed by atoms with E-state index in [1.54, 1.807) is 30.3 Å². The third-order valence-electron chi connectivity index (χ3n) is 4.59. The lowest BCUT2D eigenvalue weighted by atomic mass is 10.2. The molecule has 9 nitrogen and oxygen atoms in total. The number of oxazole rings is 1. The van der Waals surface area contributed by atoms with Crippen LogP contribution in [0.3, 0.4) is 0 Å². The predicted molar refractivity (Wildman–Crippen MR) is 109 cm³/mol. The van der Waals surface area contributed by atoms with Gasteiger partial charge in [-0.25, -0.2) is 18.0 Å². The van der Waals surface area contributed by atoms with Gasteiger partial charge in [0.15, 0.2) is 5.58 Å². The maximum atomic E-state index is 13.1. The van der Waals surface area contributed by atoms with Crippen LogP contribution in [0.1, 0.15) is 13.3 Å². The van der Waals surface area contributed by atoms with Crippen LogP contribution in [0.15, 0.2) is 50.4 Å². The fourth-order valence-corrected chi connectivity index (χ4v) is 4.16. The van der Waals surface area contributed by atoms with Gasteiger partial charge < -0.3 is 9.15 Å². The molecule has 0 spiro atoms. The number of fused-ring (bicyclic) bond motifs is 2. The third-order valence-corrected chi connectivity index (χ3v) is 5.61.